The maximum Gasteiger partial charge on any atom is 0.331 e. The summed E-state index contributed by atoms with van der Waals surface area (Å²) in [5.41, 5.74) is 38.7. The third kappa shape index (κ3) is 20.4. The smallest absolute Gasteiger partial charge is 0.331 e. The maximum atomic E-state index is 13.9. The summed E-state index contributed by atoms with van der Waals surface area (Å²) in [4.78, 5) is 102. The summed E-state index contributed by atoms with van der Waals surface area (Å²) >= 11 is 6.16. The summed E-state index contributed by atoms with van der Waals surface area (Å²) in [7, 11) is 8.29. The van der Waals surface area contributed by atoms with Crippen molar-refractivity contribution >= 4 is 40.7 Å². The Bertz CT molecular complexity index is 7450. The summed E-state index contributed by atoms with van der Waals surface area (Å²) in [5.74, 6) is 4.84. The van der Waals surface area contributed by atoms with Crippen molar-refractivity contribution in [1.29, 1.82) is 31.6 Å². The summed E-state index contributed by atoms with van der Waals surface area (Å²) < 4.78 is 57.0. The van der Waals surface area contributed by atoms with Crippen LogP contribution in [-0.2, 0) is 68.0 Å². The van der Waals surface area contributed by atoms with Crippen molar-refractivity contribution in [2.75, 3.05) is 89.9 Å². The van der Waals surface area contributed by atoms with E-state index in [4.69, 9.17) is 40.3 Å². The SMILES string of the molecule is Cn1c2nc(C#N)cc-2c(N2CCC[C@@H](N)C2)n(Cc2cc(F)ccc2C#N)c1=O.Cn1c2nc(Cl)cc-2c(N2CCC[C@@H](N)C2)n(Cc2cc(F)ccc2C#N)c1=O.Cn1c2nccc-2c(N2CCC[C@@H](N)C2)n(Cc2cc(F)ccc2C#N)c1=O.Cn1c2nccc-2c(N2CCC[C@@H](N)C2)n(Cc2ccccc2C#N)c1=O.Cn1c2ncnc-2c(N2CCC[C@@H](N)C2)n(Cc2ccccc2C#N)c1=O. The number of aromatic nitrogens is 16. The van der Waals surface area contributed by atoms with Gasteiger partial charge in [0.15, 0.2) is 5.82 Å². The number of fused-ring (bicyclic) bond motifs is 5. The van der Waals surface area contributed by atoms with Gasteiger partial charge in [-0.3, -0.25) is 45.7 Å². The zero-order valence-corrected chi connectivity index (χ0v) is 79.2. The Morgan fingerprint density at radius 3 is 0.979 bits per heavy atom. The minimum atomic E-state index is -0.481. The Hall–Kier alpha value is -16.1. The standard InChI is InChI=1S/C21H20FN7O.C20H20ClFN6O.C20H21FN6O.C20H22N6O.C19H21N7O/c1-27-19-18(8-17(10-24)26-19)20(28-6-2-3-16(25)12-28)29(21(27)30)11-14-7-15(22)5-4-13(14)9-23;1-26-18-16(8-17(21)25-18)19(27-6-2-3-15(24)11-27)28(20(26)29)10-13-7-14(22)5-4-12(13)9-23;1-25-18-17(6-7-24-18)19(26-8-2-3-16(23)12-26)27(20(25)28)11-14-9-15(21)5-4-13(14)10-22;1-24-18-17(8-9-23-18)19(25-10-4-7-16(22)13-25)26(20(24)27)12-15-6-3-2-5-14(15)11-21;1-24-17-16(22-12-23-17)18(25-8-4-7-15(21)11-25)26(19(24)27)10-14-6-3-2-5-13(14)9-20/h4-5,7-8,16H,2-3,6,11-12,25H2,1H3;4-5,7-8,15H,2-3,6,10-11,24H2,1H3;4-7,9,16H,2-3,8,11-12,23H2,1H3;2-3,5-6,8-9,16H,4,7,10,12-13,22H2,1H3;2-3,5-6,12,15H,4,7-8,10-11,21H2,1H3/t16-;15-;2*16-;15-/m11111/s1. The van der Waals surface area contributed by atoms with Gasteiger partial charge in [-0.15, -0.1) is 0 Å². The van der Waals surface area contributed by atoms with Crippen molar-refractivity contribution in [3.63, 3.8) is 0 Å². The number of nitrogens with two attached hydrogens (primary N) is 5. The first-order chi connectivity index (χ1) is 68.0. The number of anilines is 5. The van der Waals surface area contributed by atoms with E-state index in [0.717, 1.165) is 136 Å². The monoisotopic (exact) mass is 1920 g/mol. The van der Waals surface area contributed by atoms with E-state index < -0.39 is 17.5 Å². The Morgan fingerprint density at radius 1 is 0.333 bits per heavy atom. The maximum absolute atomic E-state index is 13.9. The molecule has 0 radical (unpaired) electrons. The van der Waals surface area contributed by atoms with Gasteiger partial charge in [0, 0.05) is 143 Å². The minimum absolute atomic E-state index is 0.0113. The summed E-state index contributed by atoms with van der Waals surface area (Å²) in [6.07, 6.45) is 14.2. The zero-order chi connectivity index (χ0) is 99.9. The van der Waals surface area contributed by atoms with Crippen LogP contribution < -0.4 is 81.6 Å². The van der Waals surface area contributed by atoms with Gasteiger partial charge in [-0.2, -0.15) is 31.6 Å². The van der Waals surface area contributed by atoms with Gasteiger partial charge in [0.25, 0.3) is 0 Å². The van der Waals surface area contributed by atoms with Gasteiger partial charge in [-0.1, -0.05) is 48.0 Å². The average Bonchev–Trinajstić information content (AvgIpc) is 1.69. The quantitative estimate of drug-likeness (QED) is 0.0648. The molecule has 15 heterocycles. The second-order valence-electron chi connectivity index (χ2n) is 36.0. The molecule has 15 aliphatic heterocycles. The van der Waals surface area contributed by atoms with Gasteiger partial charge >= 0.3 is 28.4 Å². The number of nitrogens with zero attached hydrogens (tertiary/aromatic N) is 27. The number of imidazole rings is 1. The summed E-state index contributed by atoms with van der Waals surface area (Å²) in [5, 5.41) is 56.7. The number of hydrogen-bond donors (Lipinski definition) is 5. The van der Waals surface area contributed by atoms with Crippen LogP contribution >= 0.6 is 11.6 Å². The Labute approximate surface area is 813 Å². The molecule has 0 unspecified atom stereocenters. The molecular weight excluding hydrogens is 1820 g/mol. The molecule has 0 spiro atoms. The minimum Gasteiger partial charge on any atom is -0.356 e. The second-order valence-corrected chi connectivity index (χ2v) is 36.4. The van der Waals surface area contributed by atoms with Crippen molar-refractivity contribution in [2.45, 2.75) is 127 Å². The van der Waals surface area contributed by atoms with Gasteiger partial charge in [0.1, 0.15) is 98.8 Å². The fourth-order valence-electron chi connectivity index (χ4n) is 19.6. The molecule has 0 aliphatic carbocycles. The lowest BCUT2D eigenvalue weighted by Gasteiger charge is -2.35. The molecule has 10 N–H and O–H groups in total. The topological polar surface area (TPSA) is 501 Å². The van der Waals surface area contributed by atoms with E-state index in [1.807, 2.05) is 59.5 Å². The summed E-state index contributed by atoms with van der Waals surface area (Å²) in [6.45, 7) is 7.75. The molecule has 0 amide bonds. The normalized spacial score (nSPS) is 17.0. The first-order valence-corrected chi connectivity index (χ1v) is 46.7. The average molecular weight is 1930 g/mol. The lowest BCUT2D eigenvalue weighted by atomic mass is 10.1. The molecule has 37 nitrogen and oxygen atoms in total. The molecule has 15 aliphatic rings. The van der Waals surface area contributed by atoms with Crippen molar-refractivity contribution in [2.24, 2.45) is 63.9 Å². The molecule has 20 rings (SSSR count). The Kier molecular flexibility index (Phi) is 29.5. The number of piperidine rings is 5. The molecule has 0 bridgehead atoms. The second kappa shape index (κ2) is 42.5. The molecule has 5 aromatic rings. The van der Waals surface area contributed by atoms with Crippen molar-refractivity contribution in [3.05, 3.63) is 282 Å². The number of halogens is 4. The number of nitriles is 6. The molecule has 141 heavy (non-hydrogen) atoms. The molecule has 722 valence electrons. The molecule has 5 saturated heterocycles. The van der Waals surface area contributed by atoms with Crippen molar-refractivity contribution in [3.8, 4) is 93.5 Å². The Balaban J connectivity index is 0.000000127. The van der Waals surface area contributed by atoms with Crippen LogP contribution in [0.15, 0.2) is 170 Å². The van der Waals surface area contributed by atoms with Gasteiger partial charge in [-0.05, 0) is 183 Å². The lowest BCUT2D eigenvalue weighted by Crippen LogP contribution is -2.46. The molecule has 5 fully saturated rings. The van der Waals surface area contributed by atoms with E-state index in [2.05, 4.69) is 79.8 Å². The highest BCUT2D eigenvalue weighted by molar-refractivity contribution is 6.30. The number of hydrogen-bond acceptors (Lipinski definition) is 27. The van der Waals surface area contributed by atoms with E-state index >= 15 is 0 Å². The van der Waals surface area contributed by atoms with Crippen molar-refractivity contribution in [1.82, 2.24) is 75.6 Å². The fraction of sp³-hybridized carbons (Fsp3) is 0.350. The highest BCUT2D eigenvalue weighted by atomic mass is 35.5. The van der Waals surface area contributed by atoms with Crippen LogP contribution in [0.3, 0.4) is 0 Å². The van der Waals surface area contributed by atoms with Gasteiger partial charge in [-0.25, -0.2) is 67.0 Å². The highest BCUT2D eigenvalue weighted by Crippen LogP contribution is 2.40. The van der Waals surface area contributed by atoms with Gasteiger partial charge in [0.2, 0.25) is 0 Å². The zero-order valence-electron chi connectivity index (χ0n) is 78.4. The van der Waals surface area contributed by atoms with Gasteiger partial charge < -0.3 is 53.2 Å². The predicted octanol–water partition coefficient (Wildman–Crippen LogP) is 8.01. The lowest BCUT2D eigenvalue weighted by molar-refractivity contribution is 0.492. The summed E-state index contributed by atoms with van der Waals surface area (Å²) in [6, 6.07) is 46.5. The van der Waals surface area contributed by atoms with E-state index in [-0.39, 0.29) is 84.0 Å². The molecule has 0 aromatic heterocycles. The third-order valence-corrected chi connectivity index (χ3v) is 26.6. The largest absolute Gasteiger partial charge is 0.356 e. The number of benzene rings is 5. The van der Waals surface area contributed by atoms with Crippen LogP contribution in [0.1, 0.15) is 126 Å². The van der Waals surface area contributed by atoms with Crippen LogP contribution in [0.2, 0.25) is 5.15 Å². The van der Waals surface area contributed by atoms with Crippen LogP contribution in [0.4, 0.5) is 42.3 Å². The predicted molar refractivity (Wildman–Crippen MR) is 526 cm³/mol. The molecular formula is C100H104ClF3N32O5. The van der Waals surface area contributed by atoms with E-state index in [1.165, 1.54) is 83.8 Å². The fourth-order valence-corrected chi connectivity index (χ4v) is 19.8. The molecule has 5 atom stereocenters. The van der Waals surface area contributed by atoms with E-state index in [1.54, 1.807) is 94.7 Å². The molecule has 5 aromatic carbocycles. The first-order valence-electron chi connectivity index (χ1n) is 46.3. The van der Waals surface area contributed by atoms with Crippen LogP contribution in [0.25, 0.3) is 57.1 Å². The Morgan fingerprint density at radius 2 is 0.631 bits per heavy atom. The molecule has 0 saturated carbocycles. The van der Waals surface area contributed by atoms with Crippen LogP contribution in [0.5, 0.6) is 0 Å². The van der Waals surface area contributed by atoms with E-state index in [9.17, 15) is 68.7 Å². The van der Waals surface area contributed by atoms with E-state index in [0.29, 0.717) is 154 Å². The van der Waals surface area contributed by atoms with Crippen molar-refractivity contribution < 1.29 is 13.2 Å². The highest BCUT2D eigenvalue weighted by Gasteiger charge is 2.36. The van der Waals surface area contributed by atoms with Crippen LogP contribution in [0, 0.1) is 85.4 Å². The van der Waals surface area contributed by atoms with Gasteiger partial charge in [0.05, 0.1) is 113 Å². The number of rotatable bonds is 15. The first kappa shape index (κ1) is 98.0. The molecule has 41 heteroatoms. The van der Waals surface area contributed by atoms with Crippen LogP contribution in [-0.4, -0.2) is 171 Å². The third-order valence-electron chi connectivity index (χ3n) is 26.4.